The van der Waals surface area contributed by atoms with Crippen LogP contribution in [0.1, 0.15) is 5.56 Å². The molecule has 5 aromatic carbocycles. The Bertz CT molecular complexity index is 1250. The highest BCUT2D eigenvalue weighted by Gasteiger charge is 2.14. The van der Waals surface area contributed by atoms with Gasteiger partial charge in [0.05, 0.1) is 0 Å². The Morgan fingerprint density at radius 1 is 0.500 bits per heavy atom. The van der Waals surface area contributed by atoms with Gasteiger partial charge < -0.3 is 4.74 Å². The van der Waals surface area contributed by atoms with Crippen LogP contribution in [0.25, 0.3) is 32.7 Å². The zero-order chi connectivity index (χ0) is 18.8. The predicted molar refractivity (Wildman–Crippen MR) is 118 cm³/mol. The highest BCUT2D eigenvalue weighted by molar-refractivity contribution is 6.07. The first-order valence-corrected chi connectivity index (χ1v) is 9.57. The quantitative estimate of drug-likeness (QED) is 0.328. The highest BCUT2D eigenvalue weighted by atomic mass is 16.5. The summed E-state index contributed by atoms with van der Waals surface area (Å²) in [4.78, 5) is 0. The SMILES string of the molecule is c1ccc(COc2ccc3ccccc3c2-c2cccc3ccccc23)cc1. The van der Waals surface area contributed by atoms with Crippen molar-refractivity contribution in [2.75, 3.05) is 0 Å². The molecule has 0 unspecified atom stereocenters. The molecule has 134 valence electrons. The van der Waals surface area contributed by atoms with E-state index in [-0.39, 0.29) is 0 Å². The number of hydrogen-bond acceptors (Lipinski definition) is 1. The summed E-state index contributed by atoms with van der Waals surface area (Å²) in [7, 11) is 0. The molecular formula is C27H20O. The van der Waals surface area contributed by atoms with E-state index in [1.165, 1.54) is 32.7 Å². The maximum atomic E-state index is 6.33. The summed E-state index contributed by atoms with van der Waals surface area (Å²) in [6.07, 6.45) is 0. The summed E-state index contributed by atoms with van der Waals surface area (Å²) in [5.41, 5.74) is 3.53. The Labute approximate surface area is 164 Å². The third-order valence-electron chi connectivity index (χ3n) is 5.19. The minimum atomic E-state index is 0.553. The van der Waals surface area contributed by atoms with Gasteiger partial charge >= 0.3 is 0 Å². The highest BCUT2D eigenvalue weighted by Crippen LogP contribution is 2.40. The molecule has 28 heavy (non-hydrogen) atoms. The molecule has 0 aliphatic heterocycles. The van der Waals surface area contributed by atoms with Crippen molar-refractivity contribution >= 4 is 21.5 Å². The van der Waals surface area contributed by atoms with Gasteiger partial charge in [0.25, 0.3) is 0 Å². The molecule has 0 N–H and O–H groups in total. The Kier molecular flexibility index (Phi) is 4.27. The minimum absolute atomic E-state index is 0.553. The normalized spacial score (nSPS) is 11.0. The molecule has 1 heteroatoms. The van der Waals surface area contributed by atoms with Crippen molar-refractivity contribution < 1.29 is 4.74 Å². The molecule has 0 heterocycles. The number of rotatable bonds is 4. The maximum absolute atomic E-state index is 6.33. The van der Waals surface area contributed by atoms with E-state index in [0.29, 0.717) is 6.61 Å². The van der Waals surface area contributed by atoms with Crippen molar-refractivity contribution in [2.45, 2.75) is 6.61 Å². The monoisotopic (exact) mass is 360 g/mol. The second kappa shape index (κ2) is 7.21. The molecule has 0 atom stereocenters. The fraction of sp³-hybridized carbons (Fsp3) is 0.0370. The van der Waals surface area contributed by atoms with Crippen LogP contribution in [0.3, 0.4) is 0 Å². The summed E-state index contributed by atoms with van der Waals surface area (Å²) in [6, 6.07) is 38.1. The molecule has 0 spiro atoms. The molecule has 5 aromatic rings. The van der Waals surface area contributed by atoms with Crippen LogP contribution in [0, 0.1) is 0 Å². The second-order valence-electron chi connectivity index (χ2n) is 6.96. The topological polar surface area (TPSA) is 9.23 Å². The lowest BCUT2D eigenvalue weighted by Gasteiger charge is -2.16. The molecule has 0 aliphatic rings. The Balaban J connectivity index is 1.71. The van der Waals surface area contributed by atoms with Gasteiger partial charge in [0.1, 0.15) is 12.4 Å². The van der Waals surface area contributed by atoms with E-state index in [0.717, 1.165) is 11.3 Å². The van der Waals surface area contributed by atoms with Crippen molar-refractivity contribution in [3.8, 4) is 16.9 Å². The van der Waals surface area contributed by atoms with Gasteiger partial charge in [0, 0.05) is 5.56 Å². The van der Waals surface area contributed by atoms with Crippen LogP contribution in [0.4, 0.5) is 0 Å². The van der Waals surface area contributed by atoms with E-state index >= 15 is 0 Å². The molecule has 0 fully saturated rings. The van der Waals surface area contributed by atoms with Gasteiger partial charge in [-0.05, 0) is 38.7 Å². The Hall–Kier alpha value is -3.58. The van der Waals surface area contributed by atoms with Crippen LogP contribution < -0.4 is 4.74 Å². The first-order chi connectivity index (χ1) is 13.9. The molecular weight excluding hydrogens is 340 g/mol. The summed E-state index contributed by atoms with van der Waals surface area (Å²) < 4.78 is 6.33. The van der Waals surface area contributed by atoms with Gasteiger partial charge in [0.15, 0.2) is 0 Å². The lowest BCUT2D eigenvalue weighted by atomic mass is 9.93. The van der Waals surface area contributed by atoms with E-state index < -0.39 is 0 Å². The molecule has 0 saturated carbocycles. The molecule has 0 saturated heterocycles. The molecule has 0 aliphatic carbocycles. The minimum Gasteiger partial charge on any atom is -0.488 e. The van der Waals surface area contributed by atoms with Gasteiger partial charge in [-0.2, -0.15) is 0 Å². The average molecular weight is 360 g/mol. The molecule has 0 radical (unpaired) electrons. The average Bonchev–Trinajstić information content (AvgIpc) is 2.77. The van der Waals surface area contributed by atoms with Gasteiger partial charge in [-0.1, -0.05) is 103 Å². The Morgan fingerprint density at radius 3 is 1.96 bits per heavy atom. The molecule has 1 nitrogen and oxygen atoms in total. The molecule has 0 bridgehead atoms. The molecule has 0 amide bonds. The molecule has 5 rings (SSSR count). The third kappa shape index (κ3) is 3.01. The largest absolute Gasteiger partial charge is 0.488 e. The fourth-order valence-corrected chi connectivity index (χ4v) is 3.83. The van der Waals surface area contributed by atoms with E-state index in [2.05, 4.69) is 91.0 Å². The fourth-order valence-electron chi connectivity index (χ4n) is 3.83. The van der Waals surface area contributed by atoms with Crippen LogP contribution >= 0.6 is 0 Å². The van der Waals surface area contributed by atoms with Crippen molar-refractivity contribution in [3.05, 3.63) is 115 Å². The van der Waals surface area contributed by atoms with Crippen LogP contribution in [0.15, 0.2) is 109 Å². The van der Waals surface area contributed by atoms with Crippen molar-refractivity contribution in [3.63, 3.8) is 0 Å². The zero-order valence-electron chi connectivity index (χ0n) is 15.5. The first kappa shape index (κ1) is 16.6. The standard InChI is InChI=1S/C27H20O/c1-2-9-20(10-3-1)19-28-26-18-17-22-12-5-7-15-24(22)27(26)25-16-8-13-21-11-4-6-14-23(21)25/h1-18H,19H2. The van der Waals surface area contributed by atoms with Crippen LogP contribution in [-0.2, 0) is 6.61 Å². The van der Waals surface area contributed by atoms with Crippen molar-refractivity contribution in [1.29, 1.82) is 0 Å². The van der Waals surface area contributed by atoms with Crippen LogP contribution in [-0.4, -0.2) is 0 Å². The number of ether oxygens (including phenoxy) is 1. The van der Waals surface area contributed by atoms with E-state index in [1.54, 1.807) is 0 Å². The number of benzene rings is 5. The summed E-state index contributed by atoms with van der Waals surface area (Å²) in [5, 5.41) is 4.91. The van der Waals surface area contributed by atoms with Crippen molar-refractivity contribution in [2.24, 2.45) is 0 Å². The van der Waals surface area contributed by atoms with E-state index in [9.17, 15) is 0 Å². The first-order valence-electron chi connectivity index (χ1n) is 9.57. The van der Waals surface area contributed by atoms with Gasteiger partial charge in [0.2, 0.25) is 0 Å². The zero-order valence-corrected chi connectivity index (χ0v) is 15.5. The molecule has 0 aromatic heterocycles. The Morgan fingerprint density at radius 2 is 1.14 bits per heavy atom. The number of hydrogen-bond donors (Lipinski definition) is 0. The lowest BCUT2D eigenvalue weighted by molar-refractivity contribution is 0.308. The predicted octanol–water partition coefficient (Wildman–Crippen LogP) is 7.24. The smallest absolute Gasteiger partial charge is 0.128 e. The van der Waals surface area contributed by atoms with E-state index in [1.807, 2.05) is 18.2 Å². The van der Waals surface area contributed by atoms with Gasteiger partial charge in [-0.25, -0.2) is 0 Å². The lowest BCUT2D eigenvalue weighted by Crippen LogP contribution is -1.97. The maximum Gasteiger partial charge on any atom is 0.128 e. The third-order valence-corrected chi connectivity index (χ3v) is 5.19. The summed E-state index contributed by atoms with van der Waals surface area (Å²) in [6.45, 7) is 0.553. The van der Waals surface area contributed by atoms with E-state index in [4.69, 9.17) is 4.74 Å². The van der Waals surface area contributed by atoms with Crippen LogP contribution in [0.5, 0.6) is 5.75 Å². The number of fused-ring (bicyclic) bond motifs is 2. The van der Waals surface area contributed by atoms with Gasteiger partial charge in [-0.15, -0.1) is 0 Å². The van der Waals surface area contributed by atoms with Crippen molar-refractivity contribution in [1.82, 2.24) is 0 Å². The van der Waals surface area contributed by atoms with Gasteiger partial charge in [-0.3, -0.25) is 0 Å². The second-order valence-corrected chi connectivity index (χ2v) is 6.96. The summed E-state index contributed by atoms with van der Waals surface area (Å²) >= 11 is 0. The van der Waals surface area contributed by atoms with Crippen LogP contribution in [0.2, 0.25) is 0 Å². The summed E-state index contributed by atoms with van der Waals surface area (Å²) in [5.74, 6) is 0.916.